The van der Waals surface area contributed by atoms with Crippen molar-refractivity contribution < 1.29 is 9.47 Å². The molecule has 0 bridgehead atoms. The molecule has 0 aromatic rings. The summed E-state index contributed by atoms with van der Waals surface area (Å²) in [5, 5.41) is 3.30. The first-order valence-electron chi connectivity index (χ1n) is 4.10. The summed E-state index contributed by atoms with van der Waals surface area (Å²) in [6.45, 7) is 4.67. The quantitative estimate of drug-likeness (QED) is 0.616. The van der Waals surface area contributed by atoms with Crippen molar-refractivity contribution >= 4 is 0 Å². The Balaban J connectivity index is 2.25. The molecule has 1 saturated heterocycles. The number of hydrogen-bond donors (Lipinski definition) is 1. The third kappa shape index (κ3) is 2.77. The van der Waals surface area contributed by atoms with Crippen molar-refractivity contribution in [1.29, 1.82) is 0 Å². The number of piperidine rings is 1. The molecule has 0 saturated carbocycles. The van der Waals surface area contributed by atoms with Crippen molar-refractivity contribution in [1.82, 2.24) is 5.32 Å². The van der Waals surface area contributed by atoms with Crippen LogP contribution in [-0.4, -0.2) is 32.6 Å². The molecule has 1 aliphatic heterocycles. The van der Waals surface area contributed by atoms with Crippen molar-refractivity contribution in [2.45, 2.75) is 25.4 Å². The van der Waals surface area contributed by atoms with Gasteiger partial charge in [0.2, 0.25) is 0 Å². The number of nitrogens with one attached hydrogen (secondary N) is 1. The third-order valence-electron chi connectivity index (χ3n) is 2.19. The summed E-state index contributed by atoms with van der Waals surface area (Å²) in [7, 11) is 1.66. The Bertz CT molecular complexity index is 111. The predicted octanol–water partition coefficient (Wildman–Crippen LogP) is 0.749. The molecular weight excluding hydrogens is 142 g/mol. The average Bonchev–Trinajstić information content (AvgIpc) is 2.03. The lowest BCUT2D eigenvalue weighted by molar-refractivity contribution is -0.133. The zero-order chi connectivity index (χ0) is 8.16. The average molecular weight is 159 g/mol. The normalized spacial score (nSPS) is 23.5. The molecule has 0 radical (unpaired) electrons. The topological polar surface area (TPSA) is 30.5 Å². The van der Waals surface area contributed by atoms with Crippen LogP contribution in [0.25, 0.3) is 0 Å². The maximum Gasteiger partial charge on any atom is 0.147 e. The van der Waals surface area contributed by atoms with E-state index in [-0.39, 0.29) is 5.60 Å². The van der Waals surface area contributed by atoms with Crippen molar-refractivity contribution in [2.75, 3.05) is 27.0 Å². The van der Waals surface area contributed by atoms with Gasteiger partial charge in [-0.3, -0.25) is 0 Å². The number of methoxy groups -OCH3 is 1. The Labute approximate surface area is 68.1 Å². The molecule has 0 amide bonds. The monoisotopic (exact) mass is 159 g/mol. The fraction of sp³-hybridized carbons (Fsp3) is 1.00. The van der Waals surface area contributed by atoms with E-state index >= 15 is 0 Å². The molecule has 1 N–H and O–H groups in total. The molecule has 1 rings (SSSR count). The van der Waals surface area contributed by atoms with Crippen molar-refractivity contribution in [3.8, 4) is 0 Å². The van der Waals surface area contributed by atoms with Gasteiger partial charge in [0.1, 0.15) is 6.79 Å². The third-order valence-corrected chi connectivity index (χ3v) is 2.19. The molecule has 11 heavy (non-hydrogen) atoms. The lowest BCUT2D eigenvalue weighted by atomic mass is 9.95. The fourth-order valence-corrected chi connectivity index (χ4v) is 1.30. The first-order valence-corrected chi connectivity index (χ1v) is 4.10. The van der Waals surface area contributed by atoms with Gasteiger partial charge < -0.3 is 14.8 Å². The Morgan fingerprint density at radius 2 is 2.00 bits per heavy atom. The zero-order valence-corrected chi connectivity index (χ0v) is 7.35. The Morgan fingerprint density at radius 3 is 2.55 bits per heavy atom. The predicted molar refractivity (Wildman–Crippen MR) is 43.5 cm³/mol. The smallest absolute Gasteiger partial charge is 0.147 e. The van der Waals surface area contributed by atoms with Gasteiger partial charge in [0.25, 0.3) is 0 Å². The summed E-state index contributed by atoms with van der Waals surface area (Å²) >= 11 is 0. The number of ether oxygens (including phenoxy) is 2. The van der Waals surface area contributed by atoms with Crippen LogP contribution in [0.4, 0.5) is 0 Å². The summed E-state index contributed by atoms with van der Waals surface area (Å²) < 4.78 is 10.4. The second-order valence-electron chi connectivity index (χ2n) is 3.25. The van der Waals surface area contributed by atoms with Crippen LogP contribution in [0.3, 0.4) is 0 Å². The molecule has 3 nitrogen and oxygen atoms in total. The SMILES string of the molecule is COCOC1(C)CCNCC1. The molecule has 0 aliphatic carbocycles. The van der Waals surface area contributed by atoms with Crippen LogP contribution in [-0.2, 0) is 9.47 Å². The van der Waals surface area contributed by atoms with E-state index in [9.17, 15) is 0 Å². The van der Waals surface area contributed by atoms with E-state index in [2.05, 4.69) is 12.2 Å². The molecule has 0 aromatic heterocycles. The molecular formula is C8H17NO2. The zero-order valence-electron chi connectivity index (χ0n) is 7.35. The second-order valence-corrected chi connectivity index (χ2v) is 3.25. The van der Waals surface area contributed by atoms with Crippen LogP contribution >= 0.6 is 0 Å². The van der Waals surface area contributed by atoms with Gasteiger partial charge in [-0.05, 0) is 32.9 Å². The Kier molecular flexibility index (Phi) is 3.30. The number of rotatable bonds is 3. The molecule has 0 aromatic carbocycles. The minimum atomic E-state index is 0.0429. The van der Waals surface area contributed by atoms with Gasteiger partial charge in [-0.25, -0.2) is 0 Å². The van der Waals surface area contributed by atoms with E-state index in [1.165, 1.54) is 0 Å². The highest BCUT2D eigenvalue weighted by Crippen LogP contribution is 2.21. The van der Waals surface area contributed by atoms with Gasteiger partial charge in [-0.1, -0.05) is 0 Å². The minimum Gasteiger partial charge on any atom is -0.359 e. The van der Waals surface area contributed by atoms with Gasteiger partial charge in [-0.2, -0.15) is 0 Å². The van der Waals surface area contributed by atoms with Crippen LogP contribution in [0.5, 0.6) is 0 Å². The summed E-state index contributed by atoms with van der Waals surface area (Å²) in [5.41, 5.74) is 0.0429. The van der Waals surface area contributed by atoms with Crippen LogP contribution in [0.1, 0.15) is 19.8 Å². The van der Waals surface area contributed by atoms with E-state index in [0.717, 1.165) is 25.9 Å². The van der Waals surface area contributed by atoms with Gasteiger partial charge in [0.15, 0.2) is 0 Å². The minimum absolute atomic E-state index is 0.0429. The summed E-state index contributed by atoms with van der Waals surface area (Å²) in [6, 6.07) is 0. The molecule has 3 heteroatoms. The van der Waals surface area contributed by atoms with Crippen LogP contribution < -0.4 is 5.32 Å². The highest BCUT2D eigenvalue weighted by atomic mass is 16.7. The van der Waals surface area contributed by atoms with E-state index in [4.69, 9.17) is 9.47 Å². The lowest BCUT2D eigenvalue weighted by Crippen LogP contribution is -2.41. The number of hydrogen-bond acceptors (Lipinski definition) is 3. The van der Waals surface area contributed by atoms with E-state index in [1.54, 1.807) is 7.11 Å². The van der Waals surface area contributed by atoms with Crippen molar-refractivity contribution in [2.24, 2.45) is 0 Å². The molecule has 1 fully saturated rings. The van der Waals surface area contributed by atoms with Crippen LogP contribution in [0.15, 0.2) is 0 Å². The fourth-order valence-electron chi connectivity index (χ4n) is 1.30. The van der Waals surface area contributed by atoms with Crippen LogP contribution in [0.2, 0.25) is 0 Å². The first kappa shape index (κ1) is 8.97. The summed E-state index contributed by atoms with van der Waals surface area (Å²) in [5.74, 6) is 0. The molecule has 66 valence electrons. The molecule has 1 heterocycles. The van der Waals surface area contributed by atoms with E-state index in [0.29, 0.717) is 6.79 Å². The maximum atomic E-state index is 5.56. The molecule has 0 spiro atoms. The van der Waals surface area contributed by atoms with E-state index in [1.807, 2.05) is 0 Å². The van der Waals surface area contributed by atoms with Gasteiger partial charge in [-0.15, -0.1) is 0 Å². The van der Waals surface area contributed by atoms with E-state index < -0.39 is 0 Å². The second kappa shape index (κ2) is 4.04. The molecule has 0 atom stereocenters. The maximum absolute atomic E-state index is 5.56. The molecule has 1 aliphatic rings. The highest BCUT2D eigenvalue weighted by molar-refractivity contribution is 4.81. The first-order chi connectivity index (χ1) is 5.27. The standard InChI is InChI=1S/C8H17NO2/c1-8(11-7-10-2)3-5-9-6-4-8/h9H,3-7H2,1-2H3. The largest absolute Gasteiger partial charge is 0.359 e. The summed E-state index contributed by atoms with van der Waals surface area (Å²) in [4.78, 5) is 0. The Morgan fingerprint density at radius 1 is 1.36 bits per heavy atom. The van der Waals surface area contributed by atoms with Gasteiger partial charge in [0.05, 0.1) is 5.60 Å². The highest BCUT2D eigenvalue weighted by Gasteiger charge is 2.26. The lowest BCUT2D eigenvalue weighted by Gasteiger charge is -2.33. The van der Waals surface area contributed by atoms with Crippen LogP contribution in [0, 0.1) is 0 Å². The summed E-state index contributed by atoms with van der Waals surface area (Å²) in [6.07, 6.45) is 2.16. The Hall–Kier alpha value is -0.120. The van der Waals surface area contributed by atoms with Gasteiger partial charge in [0, 0.05) is 7.11 Å². The molecule has 0 unspecified atom stereocenters. The van der Waals surface area contributed by atoms with Crippen molar-refractivity contribution in [3.05, 3.63) is 0 Å². The van der Waals surface area contributed by atoms with Crippen molar-refractivity contribution in [3.63, 3.8) is 0 Å². The van der Waals surface area contributed by atoms with Gasteiger partial charge >= 0.3 is 0 Å².